The quantitative estimate of drug-likeness (QED) is 0.462. The van der Waals surface area contributed by atoms with Gasteiger partial charge in [0.1, 0.15) is 0 Å². The van der Waals surface area contributed by atoms with Crippen molar-refractivity contribution in [3.8, 4) is 0 Å². The van der Waals surface area contributed by atoms with Gasteiger partial charge in [-0.25, -0.2) is 0 Å². The molecule has 0 aromatic carbocycles. The molecule has 34 heavy (non-hydrogen) atoms. The molecule has 6 rings (SSSR count). The van der Waals surface area contributed by atoms with Gasteiger partial charge in [-0.1, -0.05) is 37.3 Å². The second-order valence-corrected chi connectivity index (χ2v) is 12.6. The maximum Gasteiger partial charge on any atom is 0.0961 e. The van der Waals surface area contributed by atoms with Crippen LogP contribution in [0.2, 0.25) is 0 Å². The average Bonchev–Trinajstić information content (AvgIpc) is 3.31. The number of nitrogens with zero attached hydrogens (tertiary/aromatic N) is 2. The molecular weight excluding hydrogens is 444 g/mol. The topological polar surface area (TPSA) is 45.6 Å². The first-order valence-electron chi connectivity index (χ1n) is 12.9. The molecule has 1 N–H and O–H groups in total. The van der Waals surface area contributed by atoms with Gasteiger partial charge in [-0.05, 0) is 94.2 Å². The molecule has 3 fully saturated rings. The molecule has 2 aliphatic heterocycles. The third kappa shape index (κ3) is 2.98. The standard InChI is InChI=1S/C29H37ClN2O2/c1-19-20(6-5-15-31-19)7-8-21-9-10-25-26(21,2)11-13-28(30)17-22-16-24(33)23(32(3)4)18-27(22)12-14-29(25,28)34-27/h5-9,15,17,23-25,33H,10-14,16,18H2,1-4H3/b8-7+/t23-,24?,25?,26?,27+,28?,29-/m0/s1. The van der Waals surface area contributed by atoms with Gasteiger partial charge in [0, 0.05) is 23.9 Å². The fourth-order valence-electron chi connectivity index (χ4n) is 8.10. The molecule has 1 saturated heterocycles. The molecule has 0 amide bonds. The molecule has 2 bridgehead atoms. The van der Waals surface area contributed by atoms with Crippen molar-refractivity contribution in [3.05, 3.63) is 59.0 Å². The van der Waals surface area contributed by atoms with Crippen LogP contribution in [0.15, 0.2) is 47.7 Å². The smallest absolute Gasteiger partial charge is 0.0961 e. The second-order valence-electron chi connectivity index (χ2n) is 11.9. The van der Waals surface area contributed by atoms with Crippen molar-refractivity contribution in [3.63, 3.8) is 0 Å². The van der Waals surface area contributed by atoms with Crippen LogP contribution < -0.4 is 0 Å². The van der Waals surface area contributed by atoms with Gasteiger partial charge in [0.2, 0.25) is 0 Å². The van der Waals surface area contributed by atoms with E-state index in [1.807, 2.05) is 12.3 Å². The van der Waals surface area contributed by atoms with E-state index in [4.69, 9.17) is 16.3 Å². The van der Waals surface area contributed by atoms with Gasteiger partial charge in [0.25, 0.3) is 0 Å². The number of halogens is 1. The molecule has 0 radical (unpaired) electrons. The lowest BCUT2D eigenvalue weighted by Crippen LogP contribution is -2.66. The van der Waals surface area contributed by atoms with E-state index in [0.29, 0.717) is 12.3 Å². The van der Waals surface area contributed by atoms with Crippen molar-refractivity contribution in [2.24, 2.45) is 11.3 Å². The number of aliphatic hydroxyl groups excluding tert-OH is 1. The van der Waals surface area contributed by atoms with E-state index in [1.165, 1.54) is 16.7 Å². The highest BCUT2D eigenvalue weighted by Gasteiger charge is 2.72. The SMILES string of the molecule is Cc1ncccc1/C=C/C1=CCC2C1(C)CCC1(Cl)C=C3CC(O)[C@@H](N(C)C)C[C@]34CC[C@]21O4. The summed E-state index contributed by atoms with van der Waals surface area (Å²) < 4.78 is 7.32. The number of pyridine rings is 1. The Morgan fingerprint density at radius 1 is 1.21 bits per heavy atom. The lowest BCUT2D eigenvalue weighted by molar-refractivity contribution is -0.190. The molecule has 3 heterocycles. The number of aromatic nitrogens is 1. The minimum Gasteiger partial charge on any atom is -0.391 e. The number of hydrogen-bond acceptors (Lipinski definition) is 4. The largest absolute Gasteiger partial charge is 0.391 e. The van der Waals surface area contributed by atoms with Crippen LogP contribution >= 0.6 is 11.6 Å². The Labute approximate surface area is 208 Å². The summed E-state index contributed by atoms with van der Waals surface area (Å²) in [5.74, 6) is 0.364. The first-order chi connectivity index (χ1) is 16.1. The van der Waals surface area contributed by atoms with Gasteiger partial charge in [-0.2, -0.15) is 0 Å². The first-order valence-corrected chi connectivity index (χ1v) is 13.3. The van der Waals surface area contributed by atoms with Crippen LogP contribution in [0.1, 0.15) is 63.1 Å². The number of aliphatic hydroxyl groups is 1. The van der Waals surface area contributed by atoms with Crippen LogP contribution in [0.4, 0.5) is 0 Å². The molecule has 7 atom stereocenters. The summed E-state index contributed by atoms with van der Waals surface area (Å²) in [4.78, 5) is 6.12. The van der Waals surface area contributed by atoms with E-state index >= 15 is 0 Å². The molecule has 4 unspecified atom stereocenters. The minimum atomic E-state index is -0.482. The van der Waals surface area contributed by atoms with Crippen molar-refractivity contribution in [2.75, 3.05) is 14.1 Å². The predicted octanol–water partition coefficient (Wildman–Crippen LogP) is 5.44. The first kappa shape index (κ1) is 23.0. The fraction of sp³-hybridized carbons (Fsp3) is 0.621. The number of alkyl halides is 1. The van der Waals surface area contributed by atoms with E-state index in [-0.39, 0.29) is 28.8 Å². The van der Waals surface area contributed by atoms with Crippen molar-refractivity contribution in [1.29, 1.82) is 0 Å². The zero-order valence-corrected chi connectivity index (χ0v) is 21.6. The van der Waals surface area contributed by atoms with Gasteiger partial charge in [0.05, 0.1) is 22.2 Å². The third-order valence-electron chi connectivity index (χ3n) is 10.1. The third-order valence-corrected chi connectivity index (χ3v) is 10.7. The van der Waals surface area contributed by atoms with E-state index in [0.717, 1.165) is 44.2 Å². The molecule has 2 saturated carbocycles. The molecule has 5 aliphatic rings. The van der Waals surface area contributed by atoms with Gasteiger partial charge in [-0.15, -0.1) is 11.6 Å². The summed E-state index contributed by atoms with van der Waals surface area (Å²) in [6, 6.07) is 4.25. The number of allylic oxidation sites excluding steroid dienone is 3. The van der Waals surface area contributed by atoms with Crippen LogP contribution in [0, 0.1) is 18.3 Å². The molecule has 1 aromatic heterocycles. The van der Waals surface area contributed by atoms with Crippen molar-refractivity contribution < 1.29 is 9.84 Å². The number of rotatable bonds is 3. The zero-order chi connectivity index (χ0) is 23.9. The second kappa shape index (κ2) is 7.52. The summed E-state index contributed by atoms with van der Waals surface area (Å²) >= 11 is 7.55. The van der Waals surface area contributed by atoms with Gasteiger partial charge < -0.3 is 14.7 Å². The lowest BCUT2D eigenvalue weighted by Gasteiger charge is -2.61. The van der Waals surface area contributed by atoms with E-state index in [9.17, 15) is 5.11 Å². The molecule has 3 aliphatic carbocycles. The molecular formula is C29H37ClN2O2. The monoisotopic (exact) mass is 480 g/mol. The lowest BCUT2D eigenvalue weighted by atomic mass is 9.54. The molecule has 182 valence electrons. The van der Waals surface area contributed by atoms with Crippen LogP contribution in [0.5, 0.6) is 0 Å². The Balaban J connectivity index is 1.35. The van der Waals surface area contributed by atoms with Crippen molar-refractivity contribution in [2.45, 2.75) is 87.0 Å². The van der Waals surface area contributed by atoms with Crippen LogP contribution in [-0.2, 0) is 4.74 Å². The Bertz CT molecular complexity index is 1110. The summed E-state index contributed by atoms with van der Waals surface area (Å²) in [5, 5.41) is 10.9. The molecule has 4 nitrogen and oxygen atoms in total. The van der Waals surface area contributed by atoms with Crippen LogP contribution in [0.3, 0.4) is 0 Å². The maximum atomic E-state index is 10.9. The van der Waals surface area contributed by atoms with Crippen LogP contribution in [0.25, 0.3) is 6.08 Å². The Morgan fingerprint density at radius 3 is 2.79 bits per heavy atom. The summed E-state index contributed by atoms with van der Waals surface area (Å²) in [6.07, 6.45) is 17.3. The number of fused-ring (bicyclic) bond motifs is 1. The van der Waals surface area contributed by atoms with E-state index in [1.54, 1.807) is 0 Å². The highest BCUT2D eigenvalue weighted by atomic mass is 35.5. The Morgan fingerprint density at radius 2 is 2.03 bits per heavy atom. The number of likely N-dealkylation sites (N-methyl/N-ethyl adjacent to an activating group) is 1. The zero-order valence-electron chi connectivity index (χ0n) is 20.9. The normalized spacial score (nSPS) is 45.1. The molecule has 1 aromatic rings. The molecule has 2 spiro atoms. The summed E-state index contributed by atoms with van der Waals surface area (Å²) in [6.45, 7) is 4.50. The van der Waals surface area contributed by atoms with Gasteiger partial charge in [0.15, 0.2) is 0 Å². The predicted molar refractivity (Wildman–Crippen MR) is 137 cm³/mol. The van der Waals surface area contributed by atoms with E-state index in [2.05, 4.69) is 68.2 Å². The van der Waals surface area contributed by atoms with Crippen molar-refractivity contribution in [1.82, 2.24) is 9.88 Å². The average molecular weight is 481 g/mol. The van der Waals surface area contributed by atoms with Gasteiger partial charge in [-0.3, -0.25) is 4.98 Å². The van der Waals surface area contributed by atoms with Gasteiger partial charge >= 0.3 is 0 Å². The van der Waals surface area contributed by atoms with Crippen LogP contribution in [-0.4, -0.2) is 57.3 Å². The van der Waals surface area contributed by atoms with E-state index < -0.39 is 4.87 Å². The Kier molecular flexibility index (Phi) is 5.08. The Hall–Kier alpha value is -1.46. The highest BCUT2D eigenvalue weighted by Crippen LogP contribution is 2.71. The summed E-state index contributed by atoms with van der Waals surface area (Å²) in [5.41, 5.74) is 4.34. The number of ether oxygens (including phenoxy) is 1. The number of aryl methyl sites for hydroxylation is 1. The maximum absolute atomic E-state index is 10.9. The number of hydrogen-bond donors (Lipinski definition) is 1. The molecule has 5 heteroatoms. The highest BCUT2D eigenvalue weighted by molar-refractivity contribution is 6.26. The van der Waals surface area contributed by atoms with Crippen molar-refractivity contribution >= 4 is 17.7 Å². The summed E-state index contributed by atoms with van der Waals surface area (Å²) in [7, 11) is 4.14. The minimum absolute atomic E-state index is 0.0526. The fourth-order valence-corrected chi connectivity index (χ4v) is 8.59.